The first-order valence-electron chi connectivity index (χ1n) is 11.2. The first-order valence-corrected chi connectivity index (χ1v) is 12.2. The van der Waals surface area contributed by atoms with Gasteiger partial charge in [0.15, 0.2) is 11.0 Å². The van der Waals surface area contributed by atoms with E-state index in [0.29, 0.717) is 28.8 Å². The molecule has 36 heavy (non-hydrogen) atoms. The Labute approximate surface area is 212 Å². The van der Waals surface area contributed by atoms with Gasteiger partial charge in [-0.1, -0.05) is 30.0 Å². The zero-order valence-corrected chi connectivity index (χ0v) is 21.3. The Balaban J connectivity index is 1.58. The van der Waals surface area contributed by atoms with Crippen LogP contribution >= 0.6 is 11.8 Å². The topological polar surface area (TPSA) is 141 Å². The van der Waals surface area contributed by atoms with E-state index >= 15 is 0 Å². The number of aryl methyl sites for hydroxylation is 1. The number of carbonyl (C=O) groups excluding carboxylic acids is 2. The number of ether oxygens (including phenoxy) is 1. The van der Waals surface area contributed by atoms with Crippen molar-refractivity contribution in [2.24, 2.45) is 0 Å². The molecule has 190 valence electrons. The molecule has 0 spiro atoms. The summed E-state index contributed by atoms with van der Waals surface area (Å²) < 4.78 is 6.98. The Hall–Kier alpha value is -3.93. The molecule has 1 heterocycles. The Morgan fingerprint density at radius 2 is 1.89 bits per heavy atom. The molecule has 1 aromatic heterocycles. The number of nitrogens with zero attached hydrogens (tertiary/aromatic N) is 4. The second-order valence-corrected chi connectivity index (χ2v) is 8.94. The van der Waals surface area contributed by atoms with Crippen LogP contribution in [0.2, 0.25) is 0 Å². The van der Waals surface area contributed by atoms with Crippen molar-refractivity contribution in [3.05, 3.63) is 69.5 Å². The summed E-state index contributed by atoms with van der Waals surface area (Å²) in [6.45, 7) is 5.94. The van der Waals surface area contributed by atoms with Crippen LogP contribution in [0.25, 0.3) is 0 Å². The molecule has 2 aromatic carbocycles. The number of aromatic nitrogens is 3. The summed E-state index contributed by atoms with van der Waals surface area (Å²) in [4.78, 5) is 35.6. The highest BCUT2D eigenvalue weighted by Crippen LogP contribution is 2.24. The summed E-state index contributed by atoms with van der Waals surface area (Å²) in [5.74, 6) is 0.864. The minimum Gasteiger partial charge on any atom is -0.497 e. The lowest BCUT2D eigenvalue weighted by Gasteiger charge is -2.15. The van der Waals surface area contributed by atoms with Gasteiger partial charge in [0.25, 0.3) is 5.69 Å². The van der Waals surface area contributed by atoms with E-state index in [1.54, 1.807) is 38.3 Å². The number of benzene rings is 2. The van der Waals surface area contributed by atoms with Gasteiger partial charge in [0, 0.05) is 23.9 Å². The van der Waals surface area contributed by atoms with E-state index in [1.165, 1.54) is 17.8 Å². The van der Waals surface area contributed by atoms with Crippen molar-refractivity contribution >= 4 is 35.0 Å². The van der Waals surface area contributed by atoms with Crippen molar-refractivity contribution in [2.75, 3.05) is 18.2 Å². The Bertz CT molecular complexity index is 1240. The van der Waals surface area contributed by atoms with Crippen LogP contribution in [0.15, 0.2) is 47.6 Å². The summed E-state index contributed by atoms with van der Waals surface area (Å²) in [5.41, 5.74) is 1.67. The molecule has 3 aromatic rings. The maximum atomic E-state index is 12.5. The molecule has 2 amide bonds. The van der Waals surface area contributed by atoms with Crippen LogP contribution in [0.3, 0.4) is 0 Å². The molecular weight excluding hydrogens is 484 g/mol. The van der Waals surface area contributed by atoms with E-state index in [-0.39, 0.29) is 35.7 Å². The highest BCUT2D eigenvalue weighted by Gasteiger charge is 2.20. The van der Waals surface area contributed by atoms with Gasteiger partial charge in [0.2, 0.25) is 11.8 Å². The number of hydrogen-bond donors (Lipinski definition) is 2. The third-order valence-electron chi connectivity index (χ3n) is 5.37. The first-order chi connectivity index (χ1) is 17.2. The van der Waals surface area contributed by atoms with Gasteiger partial charge in [0.1, 0.15) is 5.75 Å². The predicted molar refractivity (Wildman–Crippen MR) is 136 cm³/mol. The Morgan fingerprint density at radius 1 is 1.17 bits per heavy atom. The van der Waals surface area contributed by atoms with Crippen LogP contribution in [0.5, 0.6) is 5.75 Å². The third kappa shape index (κ3) is 6.81. The quantitative estimate of drug-likeness (QED) is 0.225. The molecule has 11 nitrogen and oxygen atoms in total. The largest absolute Gasteiger partial charge is 0.497 e. The minimum atomic E-state index is -0.484. The molecule has 1 atom stereocenters. The van der Waals surface area contributed by atoms with Gasteiger partial charge in [-0.05, 0) is 44.5 Å². The molecule has 2 N–H and O–H groups in total. The average molecular weight is 513 g/mol. The van der Waals surface area contributed by atoms with Crippen molar-refractivity contribution in [3.8, 4) is 5.75 Å². The van der Waals surface area contributed by atoms with E-state index in [9.17, 15) is 19.7 Å². The smallest absolute Gasteiger partial charge is 0.274 e. The van der Waals surface area contributed by atoms with Gasteiger partial charge in [-0.2, -0.15) is 0 Å². The molecule has 12 heteroatoms. The lowest BCUT2D eigenvalue weighted by atomic mass is 10.1. The number of thioether (sulfide) groups is 1. The lowest BCUT2D eigenvalue weighted by Crippen LogP contribution is -2.30. The fraction of sp³-hybridized carbons (Fsp3) is 0.333. The van der Waals surface area contributed by atoms with E-state index in [2.05, 4.69) is 20.8 Å². The second-order valence-electron chi connectivity index (χ2n) is 7.99. The van der Waals surface area contributed by atoms with Crippen LogP contribution in [-0.4, -0.2) is 44.4 Å². The summed E-state index contributed by atoms with van der Waals surface area (Å²) >= 11 is 1.19. The molecule has 0 unspecified atom stereocenters. The zero-order chi connectivity index (χ0) is 26.2. The number of nitro benzene ring substituents is 1. The van der Waals surface area contributed by atoms with Gasteiger partial charge in [-0.25, -0.2) is 0 Å². The van der Waals surface area contributed by atoms with E-state index < -0.39 is 4.92 Å². The van der Waals surface area contributed by atoms with Gasteiger partial charge >= 0.3 is 0 Å². The van der Waals surface area contributed by atoms with Crippen LogP contribution in [0.4, 0.5) is 11.4 Å². The number of rotatable bonds is 11. The van der Waals surface area contributed by atoms with Crippen LogP contribution in [-0.2, 0) is 22.6 Å². The van der Waals surface area contributed by atoms with Crippen molar-refractivity contribution in [3.63, 3.8) is 0 Å². The van der Waals surface area contributed by atoms with Crippen molar-refractivity contribution < 1.29 is 19.2 Å². The number of carbonyl (C=O) groups is 2. The molecule has 0 radical (unpaired) electrons. The Kier molecular flexibility index (Phi) is 9.01. The predicted octanol–water partition coefficient (Wildman–Crippen LogP) is 3.67. The fourth-order valence-electron chi connectivity index (χ4n) is 3.52. The van der Waals surface area contributed by atoms with Gasteiger partial charge < -0.3 is 19.9 Å². The highest BCUT2D eigenvalue weighted by molar-refractivity contribution is 7.99. The Morgan fingerprint density at radius 3 is 2.53 bits per heavy atom. The van der Waals surface area contributed by atoms with Crippen LogP contribution < -0.4 is 15.4 Å². The molecule has 0 fully saturated rings. The average Bonchev–Trinajstić information content (AvgIpc) is 3.27. The van der Waals surface area contributed by atoms with E-state index in [1.807, 2.05) is 30.5 Å². The second kappa shape index (κ2) is 12.2. The molecule has 0 bridgehead atoms. The third-order valence-corrected chi connectivity index (χ3v) is 6.34. The molecule has 0 aliphatic heterocycles. The standard InChI is InChI=1S/C24H28N6O5S/c1-5-29-23(16(3)25-21(31)12-17-7-10-19(35-4)11-8-17)27-28-24(29)36-14-22(32)26-18-9-6-15(2)20(13-18)30(33)34/h6-11,13,16H,5,12,14H2,1-4H3,(H,25,31)(H,26,32)/t16-/m1/s1. The van der Waals surface area contributed by atoms with Gasteiger partial charge in [0.05, 0.1) is 30.2 Å². The first kappa shape index (κ1) is 26.7. The molecule has 3 rings (SSSR count). The number of nitro groups is 1. The molecule has 0 aliphatic carbocycles. The number of methoxy groups -OCH3 is 1. The summed E-state index contributed by atoms with van der Waals surface area (Å²) in [6.07, 6.45) is 0.216. The van der Waals surface area contributed by atoms with Crippen LogP contribution in [0, 0.1) is 17.0 Å². The number of hydrogen-bond acceptors (Lipinski definition) is 8. The SMILES string of the molecule is CCn1c(SCC(=O)Nc2ccc(C)c([N+](=O)[O-])c2)nnc1[C@@H](C)NC(=O)Cc1ccc(OC)cc1. The monoisotopic (exact) mass is 512 g/mol. The summed E-state index contributed by atoms with van der Waals surface area (Å²) in [6, 6.07) is 11.4. The molecular formula is C24H28N6O5S. The summed E-state index contributed by atoms with van der Waals surface area (Å²) in [7, 11) is 1.59. The highest BCUT2D eigenvalue weighted by atomic mass is 32.2. The number of anilines is 1. The lowest BCUT2D eigenvalue weighted by molar-refractivity contribution is -0.385. The van der Waals surface area contributed by atoms with Crippen molar-refractivity contribution in [1.82, 2.24) is 20.1 Å². The maximum absolute atomic E-state index is 12.5. The number of nitrogens with one attached hydrogen (secondary N) is 2. The van der Waals surface area contributed by atoms with Crippen LogP contribution in [0.1, 0.15) is 36.8 Å². The summed E-state index contributed by atoms with van der Waals surface area (Å²) in [5, 5.41) is 25.7. The molecule has 0 saturated carbocycles. The van der Waals surface area contributed by atoms with Gasteiger partial charge in [-0.15, -0.1) is 10.2 Å². The normalized spacial score (nSPS) is 11.6. The minimum absolute atomic E-state index is 0.0397. The zero-order valence-electron chi connectivity index (χ0n) is 20.5. The number of amides is 2. The van der Waals surface area contributed by atoms with Crippen molar-refractivity contribution in [2.45, 2.75) is 44.9 Å². The van der Waals surface area contributed by atoms with E-state index in [0.717, 1.165) is 11.3 Å². The van der Waals surface area contributed by atoms with E-state index in [4.69, 9.17) is 4.74 Å². The maximum Gasteiger partial charge on any atom is 0.274 e. The fourth-order valence-corrected chi connectivity index (χ4v) is 4.33. The van der Waals surface area contributed by atoms with Gasteiger partial charge in [-0.3, -0.25) is 19.7 Å². The molecule has 0 saturated heterocycles. The van der Waals surface area contributed by atoms with Crippen molar-refractivity contribution in [1.29, 1.82) is 0 Å². The molecule has 0 aliphatic rings.